The fraction of sp³-hybridized carbons (Fsp3) is 0.188. The minimum Gasteiger partial charge on any atom is -0.463 e. The molecular formula is C16H16N2O. The summed E-state index contributed by atoms with van der Waals surface area (Å²) in [7, 11) is 0. The first kappa shape index (κ1) is 11.8. The van der Waals surface area contributed by atoms with Crippen LogP contribution < -0.4 is 5.73 Å². The zero-order chi connectivity index (χ0) is 13.1. The molecule has 96 valence electrons. The van der Waals surface area contributed by atoms with Gasteiger partial charge < -0.3 is 10.5 Å². The van der Waals surface area contributed by atoms with Gasteiger partial charge in [0.2, 0.25) is 0 Å². The van der Waals surface area contributed by atoms with Crippen molar-refractivity contribution >= 4 is 6.02 Å². The highest BCUT2D eigenvalue weighted by Crippen LogP contribution is 2.31. The molecule has 2 aromatic rings. The van der Waals surface area contributed by atoms with Gasteiger partial charge in [0.25, 0.3) is 6.02 Å². The maximum Gasteiger partial charge on any atom is 0.282 e. The Balaban J connectivity index is 2.02. The van der Waals surface area contributed by atoms with Gasteiger partial charge in [-0.15, -0.1) is 0 Å². The Morgan fingerprint density at radius 1 is 0.947 bits per heavy atom. The minimum absolute atomic E-state index is 0.0461. The standard InChI is InChI=1S/C16H16N2O/c17-16-18-14(11-19-16)15(12-7-3-1-4-8-12)13-9-5-2-6-10-13/h1-10,14-15H,11H2,(H2,17,18). The van der Waals surface area contributed by atoms with Crippen LogP contribution in [0.1, 0.15) is 17.0 Å². The number of hydrogen-bond donors (Lipinski definition) is 1. The van der Waals surface area contributed by atoms with E-state index in [4.69, 9.17) is 10.5 Å². The summed E-state index contributed by atoms with van der Waals surface area (Å²) < 4.78 is 5.32. The quantitative estimate of drug-likeness (QED) is 0.912. The number of amidine groups is 1. The predicted molar refractivity (Wildman–Crippen MR) is 76.1 cm³/mol. The topological polar surface area (TPSA) is 47.6 Å². The average molecular weight is 252 g/mol. The molecule has 0 aromatic heterocycles. The van der Waals surface area contributed by atoms with Gasteiger partial charge in [-0.3, -0.25) is 0 Å². The van der Waals surface area contributed by atoms with Crippen LogP contribution in [-0.2, 0) is 4.74 Å². The number of benzene rings is 2. The Labute approximate surface area is 112 Å². The van der Waals surface area contributed by atoms with E-state index in [1.54, 1.807) is 0 Å². The van der Waals surface area contributed by atoms with Crippen molar-refractivity contribution < 1.29 is 4.74 Å². The van der Waals surface area contributed by atoms with Crippen LogP contribution in [-0.4, -0.2) is 18.7 Å². The van der Waals surface area contributed by atoms with Crippen molar-refractivity contribution in [3.63, 3.8) is 0 Å². The molecular weight excluding hydrogens is 236 g/mol. The lowest BCUT2D eigenvalue weighted by atomic mass is 9.86. The van der Waals surface area contributed by atoms with Gasteiger partial charge in [0.15, 0.2) is 0 Å². The van der Waals surface area contributed by atoms with Gasteiger partial charge in [-0.2, -0.15) is 0 Å². The second kappa shape index (κ2) is 5.14. The van der Waals surface area contributed by atoms with Crippen LogP contribution in [0.25, 0.3) is 0 Å². The number of rotatable bonds is 3. The normalized spacial score (nSPS) is 18.2. The summed E-state index contributed by atoms with van der Waals surface area (Å²) in [6.07, 6.45) is 0. The average Bonchev–Trinajstić information content (AvgIpc) is 2.88. The molecule has 3 heteroatoms. The van der Waals surface area contributed by atoms with E-state index in [-0.39, 0.29) is 12.0 Å². The van der Waals surface area contributed by atoms with Crippen LogP contribution in [0.15, 0.2) is 65.7 Å². The zero-order valence-corrected chi connectivity index (χ0v) is 10.6. The van der Waals surface area contributed by atoms with E-state index in [2.05, 4.69) is 29.3 Å². The summed E-state index contributed by atoms with van der Waals surface area (Å²) in [5, 5.41) is 0. The van der Waals surface area contributed by atoms with Crippen molar-refractivity contribution in [2.75, 3.05) is 6.61 Å². The van der Waals surface area contributed by atoms with Gasteiger partial charge in [-0.1, -0.05) is 60.7 Å². The van der Waals surface area contributed by atoms with Crippen molar-refractivity contribution in [3.05, 3.63) is 71.8 Å². The predicted octanol–water partition coefficient (Wildman–Crippen LogP) is 2.53. The summed E-state index contributed by atoms with van der Waals surface area (Å²) in [4.78, 5) is 4.41. The maximum atomic E-state index is 5.65. The van der Waals surface area contributed by atoms with Crippen molar-refractivity contribution in [3.8, 4) is 0 Å². The van der Waals surface area contributed by atoms with Crippen LogP contribution in [0.5, 0.6) is 0 Å². The summed E-state index contributed by atoms with van der Waals surface area (Å²) in [5.41, 5.74) is 8.12. The van der Waals surface area contributed by atoms with Gasteiger partial charge in [-0.25, -0.2) is 4.99 Å². The fourth-order valence-electron chi connectivity index (χ4n) is 2.54. The molecule has 0 bridgehead atoms. The Morgan fingerprint density at radius 3 is 1.89 bits per heavy atom. The number of ether oxygens (including phenoxy) is 1. The van der Waals surface area contributed by atoms with Crippen LogP contribution in [0.4, 0.5) is 0 Å². The minimum atomic E-state index is 0.0461. The molecule has 1 aliphatic rings. The van der Waals surface area contributed by atoms with E-state index in [0.717, 1.165) is 0 Å². The third kappa shape index (κ3) is 2.45. The zero-order valence-electron chi connectivity index (χ0n) is 10.6. The van der Waals surface area contributed by atoms with Gasteiger partial charge in [-0.05, 0) is 11.1 Å². The van der Waals surface area contributed by atoms with E-state index >= 15 is 0 Å². The maximum absolute atomic E-state index is 5.65. The monoisotopic (exact) mass is 252 g/mol. The second-order valence-electron chi connectivity index (χ2n) is 4.64. The molecule has 0 aliphatic carbocycles. The van der Waals surface area contributed by atoms with Crippen LogP contribution in [0, 0.1) is 0 Å². The SMILES string of the molecule is NC1=NC(C(c2ccccc2)c2ccccc2)CO1. The van der Waals surface area contributed by atoms with E-state index in [1.165, 1.54) is 11.1 Å². The lowest BCUT2D eigenvalue weighted by Crippen LogP contribution is -2.19. The summed E-state index contributed by atoms with van der Waals surface area (Å²) in [6.45, 7) is 0.542. The molecule has 3 rings (SSSR count). The second-order valence-corrected chi connectivity index (χ2v) is 4.64. The number of hydrogen-bond acceptors (Lipinski definition) is 3. The molecule has 2 N–H and O–H groups in total. The van der Waals surface area contributed by atoms with E-state index in [1.807, 2.05) is 36.4 Å². The molecule has 1 unspecified atom stereocenters. The lowest BCUT2D eigenvalue weighted by Gasteiger charge is -2.21. The largest absolute Gasteiger partial charge is 0.463 e. The first-order valence-electron chi connectivity index (χ1n) is 6.40. The number of nitrogens with zero attached hydrogens (tertiary/aromatic N) is 1. The van der Waals surface area contributed by atoms with E-state index < -0.39 is 0 Å². The Kier molecular flexibility index (Phi) is 3.19. The van der Waals surface area contributed by atoms with Crippen LogP contribution in [0.3, 0.4) is 0 Å². The third-order valence-electron chi connectivity index (χ3n) is 3.40. The van der Waals surface area contributed by atoms with Gasteiger partial charge in [0.05, 0.1) is 0 Å². The Hall–Kier alpha value is -2.29. The number of nitrogens with two attached hydrogens (primary N) is 1. The first-order valence-corrected chi connectivity index (χ1v) is 6.40. The highest BCUT2D eigenvalue weighted by atomic mass is 16.5. The number of aliphatic imine (C=N–C) groups is 1. The molecule has 1 atom stereocenters. The van der Waals surface area contributed by atoms with Crippen molar-refractivity contribution in [2.45, 2.75) is 12.0 Å². The molecule has 1 aliphatic heterocycles. The molecule has 0 spiro atoms. The molecule has 0 fully saturated rings. The summed E-state index contributed by atoms with van der Waals surface area (Å²) >= 11 is 0. The Morgan fingerprint density at radius 2 is 1.47 bits per heavy atom. The first-order chi connectivity index (χ1) is 9.34. The van der Waals surface area contributed by atoms with Gasteiger partial charge >= 0.3 is 0 Å². The summed E-state index contributed by atoms with van der Waals surface area (Å²) in [5.74, 6) is 0.184. The smallest absolute Gasteiger partial charge is 0.282 e. The molecule has 19 heavy (non-hydrogen) atoms. The molecule has 0 saturated carbocycles. The van der Waals surface area contributed by atoms with Crippen LogP contribution >= 0.6 is 0 Å². The van der Waals surface area contributed by atoms with Gasteiger partial charge in [0.1, 0.15) is 12.6 Å². The van der Waals surface area contributed by atoms with Crippen LogP contribution in [0.2, 0.25) is 0 Å². The van der Waals surface area contributed by atoms with Crippen molar-refractivity contribution in [1.82, 2.24) is 0 Å². The molecule has 2 aromatic carbocycles. The molecule has 3 nitrogen and oxygen atoms in total. The highest BCUT2D eigenvalue weighted by molar-refractivity contribution is 5.73. The third-order valence-corrected chi connectivity index (χ3v) is 3.40. The molecule has 1 heterocycles. The molecule has 0 saturated heterocycles. The molecule has 0 amide bonds. The van der Waals surface area contributed by atoms with Gasteiger partial charge in [0, 0.05) is 5.92 Å². The molecule has 0 radical (unpaired) electrons. The Bertz CT molecular complexity index is 526. The van der Waals surface area contributed by atoms with Crippen molar-refractivity contribution in [2.24, 2.45) is 10.7 Å². The van der Waals surface area contributed by atoms with Crippen molar-refractivity contribution in [1.29, 1.82) is 0 Å². The van der Waals surface area contributed by atoms with E-state index in [0.29, 0.717) is 12.6 Å². The highest BCUT2D eigenvalue weighted by Gasteiger charge is 2.29. The summed E-state index contributed by atoms with van der Waals surface area (Å²) in [6, 6.07) is 21.1. The van der Waals surface area contributed by atoms with E-state index in [9.17, 15) is 0 Å². The lowest BCUT2D eigenvalue weighted by molar-refractivity contribution is 0.304. The fourth-order valence-corrected chi connectivity index (χ4v) is 2.54.